The zero-order valence-electron chi connectivity index (χ0n) is 11.2. The Morgan fingerprint density at radius 3 is 2.45 bits per heavy atom. The molecule has 0 fully saturated rings. The Hall–Kier alpha value is -1.23. The fourth-order valence-corrected chi connectivity index (χ4v) is 2.37. The van der Waals surface area contributed by atoms with Gasteiger partial charge < -0.3 is 10.4 Å². The van der Waals surface area contributed by atoms with Crippen LogP contribution in [0.2, 0.25) is 0 Å². The van der Waals surface area contributed by atoms with Gasteiger partial charge in [-0.3, -0.25) is 0 Å². The van der Waals surface area contributed by atoms with E-state index in [0.717, 1.165) is 15.6 Å². The molecule has 0 bridgehead atoms. The van der Waals surface area contributed by atoms with Crippen LogP contribution in [0.3, 0.4) is 0 Å². The minimum Gasteiger partial charge on any atom is -0.392 e. The molecule has 0 aliphatic heterocycles. The number of rotatable bonds is 5. The van der Waals surface area contributed by atoms with Crippen molar-refractivity contribution in [3.8, 4) is 0 Å². The molecule has 0 saturated carbocycles. The summed E-state index contributed by atoms with van der Waals surface area (Å²) in [5.41, 5.74) is 2.63. The van der Waals surface area contributed by atoms with Crippen molar-refractivity contribution in [2.45, 2.75) is 26.1 Å². The van der Waals surface area contributed by atoms with Gasteiger partial charge >= 0.3 is 0 Å². The Labute approximate surface area is 126 Å². The van der Waals surface area contributed by atoms with Crippen molar-refractivity contribution in [2.75, 3.05) is 0 Å². The lowest BCUT2D eigenvalue weighted by atomic mass is 10.1. The number of hydrogen-bond donors (Lipinski definition) is 2. The summed E-state index contributed by atoms with van der Waals surface area (Å²) in [6, 6.07) is 12.6. The molecule has 0 heterocycles. The highest BCUT2D eigenvalue weighted by Gasteiger charge is 2.10. The normalized spacial score (nSPS) is 12.4. The van der Waals surface area contributed by atoms with Gasteiger partial charge in [0.2, 0.25) is 0 Å². The molecule has 0 spiro atoms. The van der Waals surface area contributed by atoms with Gasteiger partial charge in [-0.15, -0.1) is 0 Å². The third-order valence-electron chi connectivity index (χ3n) is 3.24. The summed E-state index contributed by atoms with van der Waals surface area (Å²) < 4.78 is 14.6. The second kappa shape index (κ2) is 6.97. The molecule has 2 rings (SSSR count). The second-order valence-corrected chi connectivity index (χ2v) is 5.66. The third-order valence-corrected chi connectivity index (χ3v) is 3.74. The van der Waals surface area contributed by atoms with Crippen molar-refractivity contribution in [1.82, 2.24) is 5.32 Å². The molecule has 1 atom stereocenters. The van der Waals surface area contributed by atoms with E-state index in [0.29, 0.717) is 12.1 Å². The van der Waals surface area contributed by atoms with Gasteiger partial charge in [-0.25, -0.2) is 4.39 Å². The minimum atomic E-state index is -0.205. The standard InChI is InChI=1S/C16H17BrFNO/c1-11(15-8-14(17)6-7-16(15)18)19-9-12-2-4-13(10-20)5-3-12/h2-8,11,19-20H,9-10H2,1H3. The average molecular weight is 338 g/mol. The fraction of sp³-hybridized carbons (Fsp3) is 0.250. The molecule has 4 heteroatoms. The lowest BCUT2D eigenvalue weighted by Gasteiger charge is -2.15. The first-order valence-corrected chi connectivity index (χ1v) is 7.26. The van der Waals surface area contributed by atoms with E-state index in [4.69, 9.17) is 5.11 Å². The molecular formula is C16H17BrFNO. The lowest BCUT2D eigenvalue weighted by molar-refractivity contribution is 0.282. The molecule has 0 amide bonds. The predicted molar refractivity (Wildman–Crippen MR) is 81.7 cm³/mol. The van der Waals surface area contributed by atoms with Gasteiger partial charge in [0.15, 0.2) is 0 Å². The van der Waals surface area contributed by atoms with Gasteiger partial charge in [-0.1, -0.05) is 40.2 Å². The molecule has 0 saturated heterocycles. The Morgan fingerprint density at radius 1 is 1.15 bits per heavy atom. The summed E-state index contributed by atoms with van der Waals surface area (Å²) in [6.45, 7) is 2.64. The molecule has 20 heavy (non-hydrogen) atoms. The first kappa shape index (κ1) is 15.2. The molecule has 1 unspecified atom stereocenters. The van der Waals surface area contributed by atoms with E-state index in [-0.39, 0.29) is 18.5 Å². The van der Waals surface area contributed by atoms with Crippen LogP contribution in [0.25, 0.3) is 0 Å². The fourth-order valence-electron chi connectivity index (χ4n) is 1.99. The van der Waals surface area contributed by atoms with Gasteiger partial charge in [0.25, 0.3) is 0 Å². The van der Waals surface area contributed by atoms with E-state index < -0.39 is 0 Å². The number of hydrogen-bond acceptors (Lipinski definition) is 2. The summed E-state index contributed by atoms with van der Waals surface area (Å²) in [4.78, 5) is 0. The van der Waals surface area contributed by atoms with Gasteiger partial charge in [-0.05, 0) is 36.2 Å². The summed E-state index contributed by atoms with van der Waals surface area (Å²) >= 11 is 3.36. The van der Waals surface area contributed by atoms with Crippen molar-refractivity contribution in [3.05, 3.63) is 69.4 Å². The summed E-state index contributed by atoms with van der Waals surface area (Å²) in [5, 5.41) is 12.3. The quantitative estimate of drug-likeness (QED) is 0.866. The van der Waals surface area contributed by atoms with E-state index in [2.05, 4.69) is 21.2 Å². The average Bonchev–Trinajstić information content (AvgIpc) is 2.47. The first-order valence-electron chi connectivity index (χ1n) is 6.47. The van der Waals surface area contributed by atoms with Crippen LogP contribution in [0.4, 0.5) is 4.39 Å². The van der Waals surface area contributed by atoms with Crippen molar-refractivity contribution >= 4 is 15.9 Å². The largest absolute Gasteiger partial charge is 0.392 e. The molecule has 0 aromatic heterocycles. The zero-order valence-corrected chi connectivity index (χ0v) is 12.8. The van der Waals surface area contributed by atoms with Crippen molar-refractivity contribution in [2.24, 2.45) is 0 Å². The van der Waals surface area contributed by atoms with E-state index >= 15 is 0 Å². The van der Waals surface area contributed by atoms with Crippen molar-refractivity contribution in [1.29, 1.82) is 0 Å². The van der Waals surface area contributed by atoms with Crippen LogP contribution in [-0.2, 0) is 13.2 Å². The molecular weight excluding hydrogens is 321 g/mol. The summed E-state index contributed by atoms with van der Waals surface area (Å²) in [5.74, 6) is -0.205. The minimum absolute atomic E-state index is 0.0490. The van der Waals surface area contributed by atoms with Crippen LogP contribution in [-0.4, -0.2) is 5.11 Å². The van der Waals surface area contributed by atoms with E-state index in [9.17, 15) is 4.39 Å². The summed E-state index contributed by atoms with van der Waals surface area (Å²) in [7, 11) is 0. The first-order chi connectivity index (χ1) is 9.60. The SMILES string of the molecule is CC(NCc1ccc(CO)cc1)c1cc(Br)ccc1F. The third kappa shape index (κ3) is 3.88. The molecule has 106 valence electrons. The highest BCUT2D eigenvalue weighted by atomic mass is 79.9. The van der Waals surface area contributed by atoms with E-state index in [1.165, 1.54) is 6.07 Å². The Bertz CT molecular complexity index is 571. The smallest absolute Gasteiger partial charge is 0.128 e. The van der Waals surface area contributed by atoms with E-state index in [1.807, 2.05) is 31.2 Å². The number of aliphatic hydroxyl groups is 1. The summed E-state index contributed by atoms with van der Waals surface area (Å²) in [6.07, 6.45) is 0. The van der Waals surface area contributed by atoms with Gasteiger partial charge in [0.05, 0.1) is 6.61 Å². The van der Waals surface area contributed by atoms with Gasteiger partial charge in [-0.2, -0.15) is 0 Å². The predicted octanol–water partition coefficient (Wildman–Crippen LogP) is 3.93. The molecule has 2 nitrogen and oxygen atoms in total. The molecule has 0 aliphatic carbocycles. The van der Waals surface area contributed by atoms with Crippen LogP contribution < -0.4 is 5.32 Å². The van der Waals surface area contributed by atoms with Crippen LogP contribution in [0.5, 0.6) is 0 Å². The molecule has 2 aromatic rings. The van der Waals surface area contributed by atoms with Crippen LogP contribution >= 0.6 is 15.9 Å². The molecule has 2 aromatic carbocycles. The van der Waals surface area contributed by atoms with E-state index in [1.54, 1.807) is 12.1 Å². The number of halogens is 2. The van der Waals surface area contributed by atoms with Gasteiger partial charge in [0, 0.05) is 22.6 Å². The maximum absolute atomic E-state index is 13.8. The van der Waals surface area contributed by atoms with Crippen LogP contribution in [0.15, 0.2) is 46.9 Å². The maximum atomic E-state index is 13.8. The monoisotopic (exact) mass is 337 g/mol. The second-order valence-electron chi connectivity index (χ2n) is 4.74. The van der Waals surface area contributed by atoms with Crippen molar-refractivity contribution in [3.63, 3.8) is 0 Å². The maximum Gasteiger partial charge on any atom is 0.128 e. The number of benzene rings is 2. The van der Waals surface area contributed by atoms with Crippen molar-refractivity contribution < 1.29 is 9.50 Å². The Morgan fingerprint density at radius 2 is 1.80 bits per heavy atom. The Kier molecular flexibility index (Phi) is 5.29. The molecule has 2 N–H and O–H groups in total. The highest BCUT2D eigenvalue weighted by molar-refractivity contribution is 9.10. The lowest BCUT2D eigenvalue weighted by Crippen LogP contribution is -2.19. The Balaban J connectivity index is 2.00. The zero-order chi connectivity index (χ0) is 14.5. The molecule has 0 aliphatic rings. The van der Waals surface area contributed by atoms with Gasteiger partial charge in [0.1, 0.15) is 5.82 Å². The number of nitrogens with one attached hydrogen (secondary N) is 1. The number of aliphatic hydroxyl groups excluding tert-OH is 1. The van der Waals surface area contributed by atoms with Crippen LogP contribution in [0, 0.1) is 5.82 Å². The van der Waals surface area contributed by atoms with Crippen LogP contribution in [0.1, 0.15) is 29.7 Å². The highest BCUT2D eigenvalue weighted by Crippen LogP contribution is 2.21. The molecule has 0 radical (unpaired) electrons. The topological polar surface area (TPSA) is 32.3 Å².